The second-order valence-corrected chi connectivity index (χ2v) is 4.47. The number of carboxylic acids is 1. The van der Waals surface area contributed by atoms with Crippen LogP contribution in [0.3, 0.4) is 0 Å². The number of rotatable bonds is 3. The van der Waals surface area contributed by atoms with Gasteiger partial charge in [-0.25, -0.2) is 9.18 Å². The molecule has 0 spiro atoms. The van der Waals surface area contributed by atoms with E-state index in [1.54, 1.807) is 0 Å². The molecule has 1 aromatic heterocycles. The molecule has 0 aliphatic rings. The predicted molar refractivity (Wildman–Crippen MR) is 67.3 cm³/mol. The van der Waals surface area contributed by atoms with E-state index in [9.17, 15) is 19.1 Å². The van der Waals surface area contributed by atoms with Crippen molar-refractivity contribution in [2.24, 2.45) is 0 Å². The topological polar surface area (TPSA) is 86.6 Å². The first-order valence-corrected chi connectivity index (χ1v) is 5.98. The Kier molecular flexibility index (Phi) is 3.48. The van der Waals surface area contributed by atoms with Gasteiger partial charge < -0.3 is 15.5 Å². The Morgan fingerprint density at radius 3 is 2.63 bits per heavy atom. The standard InChI is InChI=1S/C12H8FNO4S/c13-6-2-1-3-8(15)9(6)11(16)14-7-4-5-19-10(7)12(17)18/h1-5,15H,(H,14,16)(H,17,18). The summed E-state index contributed by atoms with van der Waals surface area (Å²) in [6.07, 6.45) is 0. The third-order valence-electron chi connectivity index (χ3n) is 2.33. The number of hydrogen-bond donors (Lipinski definition) is 3. The lowest BCUT2D eigenvalue weighted by Gasteiger charge is -2.07. The summed E-state index contributed by atoms with van der Waals surface area (Å²) in [4.78, 5) is 22.6. The number of aromatic hydroxyl groups is 1. The monoisotopic (exact) mass is 281 g/mol. The fourth-order valence-corrected chi connectivity index (χ4v) is 2.18. The molecule has 0 atom stereocenters. The van der Waals surface area contributed by atoms with Crippen LogP contribution in [0.1, 0.15) is 20.0 Å². The molecule has 0 saturated heterocycles. The number of carboxylic acid groups (broad SMARTS) is 1. The molecule has 0 bridgehead atoms. The van der Waals surface area contributed by atoms with Gasteiger partial charge in [-0.15, -0.1) is 11.3 Å². The maximum Gasteiger partial charge on any atom is 0.348 e. The van der Waals surface area contributed by atoms with E-state index in [2.05, 4.69) is 5.32 Å². The number of carbonyl (C=O) groups is 2. The van der Waals surface area contributed by atoms with Crippen molar-refractivity contribution < 1.29 is 24.2 Å². The predicted octanol–water partition coefficient (Wildman–Crippen LogP) is 2.54. The van der Waals surface area contributed by atoms with Crippen molar-refractivity contribution in [3.05, 3.63) is 45.9 Å². The molecule has 0 fully saturated rings. The van der Waals surface area contributed by atoms with Gasteiger partial charge in [-0.1, -0.05) is 6.07 Å². The third kappa shape index (κ3) is 2.55. The normalized spacial score (nSPS) is 10.2. The quantitative estimate of drug-likeness (QED) is 0.807. The number of phenols is 1. The molecule has 1 amide bonds. The number of hydrogen-bond acceptors (Lipinski definition) is 4. The van der Waals surface area contributed by atoms with Gasteiger partial charge >= 0.3 is 5.97 Å². The van der Waals surface area contributed by atoms with Crippen LogP contribution in [0.4, 0.5) is 10.1 Å². The van der Waals surface area contributed by atoms with E-state index in [1.165, 1.54) is 23.6 Å². The van der Waals surface area contributed by atoms with Crippen LogP contribution in [-0.2, 0) is 0 Å². The first kappa shape index (κ1) is 13.0. The van der Waals surface area contributed by atoms with Gasteiger partial charge in [0.2, 0.25) is 0 Å². The summed E-state index contributed by atoms with van der Waals surface area (Å²) in [7, 11) is 0. The van der Waals surface area contributed by atoms with Crippen LogP contribution < -0.4 is 5.32 Å². The Bertz CT molecular complexity index is 633. The Morgan fingerprint density at radius 2 is 2.00 bits per heavy atom. The van der Waals surface area contributed by atoms with Gasteiger partial charge in [-0.2, -0.15) is 0 Å². The van der Waals surface area contributed by atoms with Gasteiger partial charge in [-0.3, -0.25) is 4.79 Å². The summed E-state index contributed by atoms with van der Waals surface area (Å²) in [5.41, 5.74) is -0.463. The fourth-order valence-electron chi connectivity index (χ4n) is 1.50. The Hall–Kier alpha value is -2.41. The molecule has 19 heavy (non-hydrogen) atoms. The van der Waals surface area contributed by atoms with Gasteiger partial charge in [0.05, 0.1) is 5.69 Å². The molecule has 0 unspecified atom stereocenters. The molecule has 1 aromatic carbocycles. The zero-order valence-electron chi connectivity index (χ0n) is 9.38. The maximum atomic E-state index is 13.5. The minimum Gasteiger partial charge on any atom is -0.507 e. The summed E-state index contributed by atoms with van der Waals surface area (Å²) in [6, 6.07) is 4.85. The van der Waals surface area contributed by atoms with Crippen molar-refractivity contribution in [1.29, 1.82) is 0 Å². The average molecular weight is 281 g/mol. The summed E-state index contributed by atoms with van der Waals surface area (Å²) in [5, 5.41) is 22.1. The minimum absolute atomic E-state index is 0.0603. The molecule has 1 heterocycles. The van der Waals surface area contributed by atoms with Crippen molar-refractivity contribution >= 4 is 28.9 Å². The van der Waals surface area contributed by atoms with Crippen LogP contribution in [0.25, 0.3) is 0 Å². The highest BCUT2D eigenvalue weighted by Gasteiger charge is 2.19. The van der Waals surface area contributed by atoms with Gasteiger partial charge in [0.1, 0.15) is 22.0 Å². The van der Waals surface area contributed by atoms with E-state index in [0.717, 1.165) is 17.4 Å². The second kappa shape index (κ2) is 5.07. The van der Waals surface area contributed by atoms with Crippen molar-refractivity contribution in [1.82, 2.24) is 0 Å². The highest BCUT2D eigenvalue weighted by molar-refractivity contribution is 7.12. The number of benzene rings is 1. The molecule has 0 aliphatic carbocycles. The van der Waals surface area contributed by atoms with Gasteiger partial charge in [0.15, 0.2) is 0 Å². The maximum absolute atomic E-state index is 13.5. The van der Waals surface area contributed by atoms with Crippen LogP contribution in [0, 0.1) is 5.82 Å². The molecule has 0 radical (unpaired) electrons. The second-order valence-electron chi connectivity index (χ2n) is 3.56. The Labute approximate surface area is 110 Å². The summed E-state index contributed by atoms with van der Waals surface area (Å²) >= 11 is 0.933. The number of amides is 1. The molecule has 5 nitrogen and oxygen atoms in total. The average Bonchev–Trinajstić information content (AvgIpc) is 2.76. The van der Waals surface area contributed by atoms with Crippen molar-refractivity contribution in [2.75, 3.05) is 5.32 Å². The molecule has 2 rings (SSSR count). The van der Waals surface area contributed by atoms with E-state index in [-0.39, 0.29) is 10.6 Å². The lowest BCUT2D eigenvalue weighted by atomic mass is 10.1. The van der Waals surface area contributed by atoms with E-state index >= 15 is 0 Å². The number of nitrogens with one attached hydrogen (secondary N) is 1. The lowest BCUT2D eigenvalue weighted by Crippen LogP contribution is -2.15. The minimum atomic E-state index is -1.19. The first-order chi connectivity index (χ1) is 9.00. The zero-order valence-corrected chi connectivity index (χ0v) is 10.2. The van der Waals surface area contributed by atoms with Crippen molar-refractivity contribution in [2.45, 2.75) is 0 Å². The summed E-state index contributed by atoms with van der Waals surface area (Å²) in [6.45, 7) is 0. The molecule has 7 heteroatoms. The number of carbonyl (C=O) groups excluding carboxylic acids is 1. The number of anilines is 1. The first-order valence-electron chi connectivity index (χ1n) is 5.10. The van der Waals surface area contributed by atoms with Crippen LogP contribution in [-0.4, -0.2) is 22.1 Å². The number of aromatic carboxylic acids is 1. The zero-order chi connectivity index (χ0) is 14.0. The van der Waals surface area contributed by atoms with E-state index in [0.29, 0.717) is 0 Å². The van der Waals surface area contributed by atoms with Crippen LogP contribution >= 0.6 is 11.3 Å². The lowest BCUT2D eigenvalue weighted by molar-refractivity contribution is 0.0703. The largest absolute Gasteiger partial charge is 0.507 e. The van der Waals surface area contributed by atoms with Crippen molar-refractivity contribution in [3.8, 4) is 5.75 Å². The number of thiophene rings is 1. The Morgan fingerprint density at radius 1 is 1.26 bits per heavy atom. The van der Waals surface area contributed by atoms with E-state index in [4.69, 9.17) is 5.11 Å². The SMILES string of the molecule is O=C(O)c1sccc1NC(=O)c1c(O)cccc1F. The Balaban J connectivity index is 2.31. The summed E-state index contributed by atoms with van der Waals surface area (Å²) in [5.74, 6) is -3.49. The summed E-state index contributed by atoms with van der Waals surface area (Å²) < 4.78 is 13.5. The number of phenolic OH excluding ortho intramolecular Hbond substituents is 1. The molecular weight excluding hydrogens is 273 g/mol. The van der Waals surface area contributed by atoms with Gasteiger partial charge in [0.25, 0.3) is 5.91 Å². The van der Waals surface area contributed by atoms with Crippen LogP contribution in [0.15, 0.2) is 29.6 Å². The van der Waals surface area contributed by atoms with Crippen LogP contribution in [0.5, 0.6) is 5.75 Å². The molecule has 0 aliphatic heterocycles. The van der Waals surface area contributed by atoms with E-state index in [1.807, 2.05) is 0 Å². The van der Waals surface area contributed by atoms with Crippen LogP contribution in [0.2, 0.25) is 0 Å². The number of halogens is 1. The van der Waals surface area contributed by atoms with E-state index < -0.39 is 29.0 Å². The molecule has 98 valence electrons. The third-order valence-corrected chi connectivity index (χ3v) is 3.23. The molecule has 3 N–H and O–H groups in total. The molecule has 2 aromatic rings. The highest BCUT2D eigenvalue weighted by Crippen LogP contribution is 2.25. The van der Waals surface area contributed by atoms with Crippen molar-refractivity contribution in [3.63, 3.8) is 0 Å². The highest BCUT2D eigenvalue weighted by atomic mass is 32.1. The molecular formula is C12H8FNO4S. The van der Waals surface area contributed by atoms with Gasteiger partial charge in [0, 0.05) is 0 Å². The smallest absolute Gasteiger partial charge is 0.348 e. The van der Waals surface area contributed by atoms with Gasteiger partial charge in [-0.05, 0) is 23.6 Å². The fraction of sp³-hybridized carbons (Fsp3) is 0. The molecule has 0 saturated carbocycles.